The fourth-order valence-corrected chi connectivity index (χ4v) is 7.16. The van der Waals surface area contributed by atoms with Crippen molar-refractivity contribution in [2.75, 3.05) is 26.4 Å². The van der Waals surface area contributed by atoms with Gasteiger partial charge in [-0.25, -0.2) is 4.18 Å². The molecule has 1 aliphatic rings. The second kappa shape index (κ2) is 41.5. The fraction of sp³-hybridized carbons (Fsp3) is 0.667. The van der Waals surface area contributed by atoms with E-state index in [4.69, 9.17) is 18.9 Å². The molecule has 13 heteroatoms. The highest BCUT2D eigenvalue weighted by atomic mass is 32.3. The van der Waals surface area contributed by atoms with Crippen LogP contribution in [-0.4, -0.2) is 97.5 Å². The van der Waals surface area contributed by atoms with Gasteiger partial charge in [-0.1, -0.05) is 156 Å². The molecule has 1 heterocycles. The number of allylic oxidation sites excluding steroid dienone is 16. The van der Waals surface area contributed by atoms with E-state index >= 15 is 0 Å². The SMILES string of the molecule is CC/C=C\C/C=C\C/C=C\C/C=C\C/C=C\CCCCCCOCC(COC1OC(CO)C(O)C(OS(=O)(=O)O)C1O)OC(=O)CCCCCCCCC/C=C\C/C=C\C/C=C\CC. The average molecular weight is 921 g/mol. The Morgan fingerprint density at radius 2 is 1.03 bits per heavy atom. The van der Waals surface area contributed by atoms with Gasteiger partial charge in [-0.15, -0.1) is 0 Å². The van der Waals surface area contributed by atoms with Crippen molar-refractivity contribution in [2.24, 2.45) is 0 Å². The molecule has 1 saturated heterocycles. The summed E-state index contributed by atoms with van der Waals surface area (Å²) in [6.45, 7) is 3.67. The lowest BCUT2D eigenvalue weighted by Crippen LogP contribution is -2.60. The molecule has 0 amide bonds. The molecule has 0 spiro atoms. The van der Waals surface area contributed by atoms with Gasteiger partial charge in [0.1, 0.15) is 30.5 Å². The maximum absolute atomic E-state index is 12.9. The molecule has 0 bridgehead atoms. The van der Waals surface area contributed by atoms with E-state index in [1.54, 1.807) is 0 Å². The highest BCUT2D eigenvalue weighted by Crippen LogP contribution is 2.26. The molecular formula is C51H84O12S. The predicted octanol–water partition coefficient (Wildman–Crippen LogP) is 10.6. The summed E-state index contributed by atoms with van der Waals surface area (Å²) in [7, 11) is -5.07. The molecule has 12 nitrogen and oxygen atoms in total. The number of aliphatic hydroxyl groups excluding tert-OH is 3. The van der Waals surface area contributed by atoms with Gasteiger partial charge >= 0.3 is 16.4 Å². The Hall–Kier alpha value is -2.98. The molecule has 1 rings (SSSR count). The van der Waals surface area contributed by atoms with Gasteiger partial charge in [0, 0.05) is 13.0 Å². The number of carbonyl (C=O) groups excluding carboxylic acids is 1. The van der Waals surface area contributed by atoms with Crippen LogP contribution in [0.2, 0.25) is 0 Å². The molecule has 0 aromatic carbocycles. The molecule has 366 valence electrons. The normalized spacial score (nSPS) is 20.6. The molecule has 0 aromatic heterocycles. The van der Waals surface area contributed by atoms with Gasteiger partial charge < -0.3 is 34.3 Å². The zero-order valence-corrected chi connectivity index (χ0v) is 39.9. The van der Waals surface area contributed by atoms with E-state index < -0.39 is 59.8 Å². The van der Waals surface area contributed by atoms with Gasteiger partial charge in [-0.05, 0) is 89.9 Å². The number of rotatable bonds is 40. The standard InChI is InChI=1S/C51H84O12S/c1-3-5-7-9-11-13-15-17-19-21-22-23-25-27-29-31-33-35-37-39-41-59-43-45(44-60-51-49(55)50(63-64(56,57)58)48(54)46(42-52)62-51)61-47(53)40-38-36-34-32-30-28-26-24-20-18-16-14-12-10-8-6-4-2/h5-8,11-14,17-20,22-23,27,29,45-46,48-52,54-55H,3-4,9-10,15-16,21,24-26,28,30-44H2,1-2H3,(H,56,57,58)/b7-5-,8-6-,13-11-,14-12-,19-17-,20-18-,23-22-,29-27-. The highest BCUT2D eigenvalue weighted by Gasteiger charge is 2.48. The van der Waals surface area contributed by atoms with Gasteiger partial charge in [0.15, 0.2) is 6.29 Å². The van der Waals surface area contributed by atoms with Crippen molar-refractivity contribution >= 4 is 16.4 Å². The molecule has 6 atom stereocenters. The van der Waals surface area contributed by atoms with Crippen molar-refractivity contribution in [1.82, 2.24) is 0 Å². The summed E-state index contributed by atoms with van der Waals surface area (Å²) in [4.78, 5) is 12.9. The van der Waals surface area contributed by atoms with Crippen LogP contribution in [0.15, 0.2) is 97.2 Å². The Morgan fingerprint density at radius 3 is 1.50 bits per heavy atom. The van der Waals surface area contributed by atoms with Gasteiger partial charge in [0.25, 0.3) is 0 Å². The third-order valence-corrected chi connectivity index (χ3v) is 10.7. The first kappa shape index (κ1) is 59.0. The van der Waals surface area contributed by atoms with Crippen LogP contribution in [0.5, 0.6) is 0 Å². The summed E-state index contributed by atoms with van der Waals surface area (Å²) in [6, 6.07) is 0. The Labute approximate surface area is 386 Å². The van der Waals surface area contributed by atoms with E-state index in [2.05, 4.69) is 115 Å². The van der Waals surface area contributed by atoms with Crippen molar-refractivity contribution in [3.05, 3.63) is 97.2 Å². The molecule has 6 unspecified atom stereocenters. The van der Waals surface area contributed by atoms with Crippen molar-refractivity contribution in [1.29, 1.82) is 0 Å². The Balaban J connectivity index is 2.44. The minimum atomic E-state index is -5.07. The molecule has 4 N–H and O–H groups in total. The highest BCUT2D eigenvalue weighted by molar-refractivity contribution is 7.80. The zero-order valence-electron chi connectivity index (χ0n) is 39.0. The van der Waals surface area contributed by atoms with Crippen molar-refractivity contribution in [3.63, 3.8) is 0 Å². The fourth-order valence-electron chi connectivity index (χ4n) is 6.65. The summed E-state index contributed by atoms with van der Waals surface area (Å²) in [5.74, 6) is -0.423. The number of unbranched alkanes of at least 4 members (excludes halogenated alkanes) is 11. The zero-order chi connectivity index (χ0) is 46.8. The Morgan fingerprint density at radius 1 is 0.594 bits per heavy atom. The van der Waals surface area contributed by atoms with Gasteiger partial charge in [0.05, 0.1) is 19.8 Å². The first-order valence-electron chi connectivity index (χ1n) is 24.0. The molecule has 0 aromatic rings. The van der Waals surface area contributed by atoms with Gasteiger partial charge in [-0.2, -0.15) is 8.42 Å². The summed E-state index contributed by atoms with van der Waals surface area (Å²) >= 11 is 0. The molecule has 0 radical (unpaired) electrons. The van der Waals surface area contributed by atoms with Crippen LogP contribution in [0.1, 0.15) is 155 Å². The summed E-state index contributed by atoms with van der Waals surface area (Å²) in [5, 5.41) is 30.7. The summed E-state index contributed by atoms with van der Waals surface area (Å²) in [5.41, 5.74) is 0. The number of aliphatic hydroxyl groups is 3. The predicted molar refractivity (Wildman–Crippen MR) is 257 cm³/mol. The van der Waals surface area contributed by atoms with Crippen LogP contribution >= 0.6 is 0 Å². The van der Waals surface area contributed by atoms with Crippen LogP contribution in [0.25, 0.3) is 0 Å². The van der Waals surface area contributed by atoms with Crippen LogP contribution in [0.4, 0.5) is 0 Å². The van der Waals surface area contributed by atoms with Crippen LogP contribution < -0.4 is 0 Å². The Kier molecular flexibility index (Phi) is 38.2. The molecule has 1 aliphatic heterocycles. The number of esters is 1. The van der Waals surface area contributed by atoms with Crippen LogP contribution in [0, 0.1) is 0 Å². The van der Waals surface area contributed by atoms with E-state index in [-0.39, 0.29) is 19.6 Å². The smallest absolute Gasteiger partial charge is 0.397 e. The van der Waals surface area contributed by atoms with Crippen molar-refractivity contribution in [3.8, 4) is 0 Å². The van der Waals surface area contributed by atoms with Gasteiger partial charge in [-0.3, -0.25) is 9.35 Å². The second-order valence-corrected chi connectivity index (χ2v) is 17.0. The summed E-state index contributed by atoms with van der Waals surface area (Å²) < 4.78 is 59.1. The minimum Gasteiger partial charge on any atom is -0.457 e. The largest absolute Gasteiger partial charge is 0.457 e. The van der Waals surface area contributed by atoms with E-state index in [1.165, 1.54) is 12.8 Å². The van der Waals surface area contributed by atoms with Crippen molar-refractivity contribution in [2.45, 2.75) is 192 Å². The van der Waals surface area contributed by atoms with Crippen LogP contribution in [-0.2, 0) is 38.3 Å². The van der Waals surface area contributed by atoms with Crippen molar-refractivity contribution < 1.29 is 56.2 Å². The molecule has 0 aliphatic carbocycles. The number of hydrogen-bond donors (Lipinski definition) is 4. The topological polar surface area (TPSA) is 178 Å². The molecule has 1 fully saturated rings. The van der Waals surface area contributed by atoms with E-state index in [9.17, 15) is 33.1 Å². The first-order valence-corrected chi connectivity index (χ1v) is 25.4. The van der Waals surface area contributed by atoms with Crippen LogP contribution in [0.3, 0.4) is 0 Å². The third-order valence-electron chi connectivity index (χ3n) is 10.2. The lowest BCUT2D eigenvalue weighted by Gasteiger charge is -2.41. The lowest BCUT2D eigenvalue weighted by atomic mass is 9.99. The number of hydrogen-bond acceptors (Lipinski definition) is 11. The molecule has 64 heavy (non-hydrogen) atoms. The quantitative estimate of drug-likeness (QED) is 0.0198. The summed E-state index contributed by atoms with van der Waals surface area (Å²) in [6.07, 6.45) is 47.2. The third kappa shape index (κ3) is 34.4. The minimum absolute atomic E-state index is 0.00806. The van der Waals surface area contributed by atoms with E-state index in [0.29, 0.717) is 13.0 Å². The monoisotopic (exact) mass is 921 g/mol. The Bertz CT molecular complexity index is 1480. The van der Waals surface area contributed by atoms with Gasteiger partial charge in [0.2, 0.25) is 0 Å². The maximum atomic E-state index is 12.9. The molecular weight excluding hydrogens is 837 g/mol. The van der Waals surface area contributed by atoms with E-state index in [1.807, 2.05) is 0 Å². The number of carbonyl (C=O) groups is 1. The first-order chi connectivity index (χ1) is 31.1. The maximum Gasteiger partial charge on any atom is 0.397 e. The lowest BCUT2D eigenvalue weighted by molar-refractivity contribution is -0.301. The number of ether oxygens (including phenoxy) is 4. The second-order valence-electron chi connectivity index (χ2n) is 15.9. The average Bonchev–Trinajstić information content (AvgIpc) is 3.27. The van der Waals surface area contributed by atoms with E-state index in [0.717, 1.165) is 116 Å². The molecule has 0 saturated carbocycles.